The van der Waals surface area contributed by atoms with E-state index >= 15 is 0 Å². The Morgan fingerprint density at radius 2 is 2.15 bits per heavy atom. The third-order valence-electron chi connectivity index (χ3n) is 4.14. The van der Waals surface area contributed by atoms with Gasteiger partial charge >= 0.3 is 0 Å². The molecule has 0 aliphatic carbocycles. The van der Waals surface area contributed by atoms with Crippen LogP contribution < -0.4 is 10.9 Å². The van der Waals surface area contributed by atoms with Crippen LogP contribution in [-0.2, 0) is 18.4 Å². The fraction of sp³-hybridized carbons (Fsp3) is 0.250. The molecule has 0 spiro atoms. The Balaban J connectivity index is 1.54. The monoisotopic (exact) mass is 352 g/mol. The van der Waals surface area contributed by atoms with Crippen molar-refractivity contribution in [3.05, 3.63) is 53.1 Å². The third-order valence-corrected chi connectivity index (χ3v) is 4.14. The molecule has 0 bridgehead atoms. The number of carbonyl (C=O) groups is 1. The molecular weight excluding hydrogens is 336 g/mol. The van der Waals surface area contributed by atoms with E-state index in [-0.39, 0.29) is 24.1 Å². The fourth-order valence-corrected chi connectivity index (χ4v) is 2.84. The zero-order chi connectivity index (χ0) is 18.3. The van der Waals surface area contributed by atoms with Crippen molar-refractivity contribution in [3.63, 3.8) is 0 Å². The zero-order valence-corrected chi connectivity index (χ0v) is 14.2. The van der Waals surface area contributed by atoms with Crippen molar-refractivity contribution in [3.8, 4) is 0 Å². The zero-order valence-electron chi connectivity index (χ0n) is 14.2. The van der Waals surface area contributed by atoms with Gasteiger partial charge in [0.2, 0.25) is 5.91 Å². The van der Waals surface area contributed by atoms with Crippen LogP contribution in [0.2, 0.25) is 0 Å². The number of aryl methyl sites for hydroxylation is 1. The van der Waals surface area contributed by atoms with E-state index in [1.54, 1.807) is 11.4 Å². The van der Waals surface area contributed by atoms with E-state index in [0.717, 1.165) is 0 Å². The van der Waals surface area contributed by atoms with E-state index in [2.05, 4.69) is 25.6 Å². The number of nitrogens with one attached hydrogen (secondary N) is 1. The minimum atomic E-state index is -0.370. The molecule has 0 aliphatic rings. The highest BCUT2D eigenvalue weighted by molar-refractivity contribution is 5.77. The first-order valence-electron chi connectivity index (χ1n) is 8.01. The van der Waals surface area contributed by atoms with Crippen LogP contribution in [0.15, 0.2) is 41.7 Å². The van der Waals surface area contributed by atoms with Gasteiger partial charge in [-0.1, -0.05) is 6.07 Å². The van der Waals surface area contributed by atoms with Crippen molar-refractivity contribution >= 4 is 22.6 Å². The summed E-state index contributed by atoms with van der Waals surface area (Å²) in [5.74, 6) is 0.291. The molecular formula is C16H16N8O2. The molecule has 1 atom stereocenters. The minimum absolute atomic E-state index is 0.141. The molecule has 0 radical (unpaired) electrons. The molecule has 0 fully saturated rings. The highest BCUT2D eigenvalue weighted by Gasteiger charge is 2.17. The molecule has 0 saturated heterocycles. The second-order valence-corrected chi connectivity index (χ2v) is 5.96. The Labute approximate surface area is 147 Å². The van der Waals surface area contributed by atoms with E-state index in [0.29, 0.717) is 22.5 Å². The average molecular weight is 352 g/mol. The maximum absolute atomic E-state index is 12.4. The van der Waals surface area contributed by atoms with Crippen LogP contribution in [0, 0.1) is 0 Å². The molecule has 26 heavy (non-hydrogen) atoms. The standard InChI is InChI=1S/C16H16N8O2/c1-10(14-21-20-12-5-3-4-6-24(12)14)19-13(25)8-23-9-17-15-11(16(23)26)7-18-22(15)2/h3-7,9-10H,8H2,1-2H3,(H,19,25)/t10-/m1/s1. The smallest absolute Gasteiger partial charge is 0.264 e. The molecule has 4 heterocycles. The lowest BCUT2D eigenvalue weighted by Gasteiger charge is -2.13. The molecule has 4 aromatic rings. The number of pyridine rings is 1. The number of hydrogen-bond acceptors (Lipinski definition) is 6. The second kappa shape index (κ2) is 6.06. The van der Waals surface area contributed by atoms with Gasteiger partial charge in [-0.2, -0.15) is 5.10 Å². The topological polar surface area (TPSA) is 112 Å². The molecule has 4 rings (SSSR count). The van der Waals surface area contributed by atoms with Crippen molar-refractivity contribution in [1.29, 1.82) is 0 Å². The third kappa shape index (κ3) is 2.61. The summed E-state index contributed by atoms with van der Waals surface area (Å²) in [5, 5.41) is 15.4. The minimum Gasteiger partial charge on any atom is -0.345 e. The Morgan fingerprint density at radius 3 is 3.00 bits per heavy atom. The number of fused-ring (bicyclic) bond motifs is 2. The summed E-state index contributed by atoms with van der Waals surface area (Å²) in [6, 6.07) is 5.19. The Hall–Kier alpha value is -3.56. The summed E-state index contributed by atoms with van der Waals surface area (Å²) < 4.78 is 4.58. The summed E-state index contributed by atoms with van der Waals surface area (Å²) in [5.41, 5.74) is 0.875. The van der Waals surface area contributed by atoms with Gasteiger partial charge in [0.25, 0.3) is 5.56 Å². The van der Waals surface area contributed by atoms with E-state index in [4.69, 9.17) is 0 Å². The van der Waals surface area contributed by atoms with Gasteiger partial charge in [0, 0.05) is 13.2 Å². The number of rotatable bonds is 4. The summed E-state index contributed by atoms with van der Waals surface area (Å²) in [7, 11) is 1.70. The fourth-order valence-electron chi connectivity index (χ4n) is 2.84. The van der Waals surface area contributed by atoms with Gasteiger partial charge in [0.05, 0.1) is 12.2 Å². The van der Waals surface area contributed by atoms with Crippen molar-refractivity contribution in [2.24, 2.45) is 7.05 Å². The number of amides is 1. The molecule has 1 N–H and O–H groups in total. The van der Waals surface area contributed by atoms with Crippen LogP contribution in [0.5, 0.6) is 0 Å². The van der Waals surface area contributed by atoms with Crippen molar-refractivity contribution in [2.45, 2.75) is 19.5 Å². The predicted octanol–water partition coefficient (Wildman–Crippen LogP) is 0.0501. The van der Waals surface area contributed by atoms with E-state index in [9.17, 15) is 9.59 Å². The van der Waals surface area contributed by atoms with Gasteiger partial charge in [-0.15, -0.1) is 10.2 Å². The van der Waals surface area contributed by atoms with Crippen LogP contribution >= 0.6 is 0 Å². The highest BCUT2D eigenvalue weighted by Crippen LogP contribution is 2.11. The molecule has 10 nitrogen and oxygen atoms in total. The van der Waals surface area contributed by atoms with E-state index in [1.165, 1.54) is 21.8 Å². The molecule has 0 unspecified atom stereocenters. The highest BCUT2D eigenvalue weighted by atomic mass is 16.2. The molecule has 0 aliphatic heterocycles. The number of carbonyl (C=O) groups excluding carboxylic acids is 1. The Kier molecular flexibility index (Phi) is 3.72. The van der Waals surface area contributed by atoms with Gasteiger partial charge in [-0.3, -0.25) is 23.2 Å². The van der Waals surface area contributed by atoms with Gasteiger partial charge in [-0.25, -0.2) is 4.98 Å². The summed E-state index contributed by atoms with van der Waals surface area (Å²) >= 11 is 0. The average Bonchev–Trinajstić information content (AvgIpc) is 3.21. The van der Waals surface area contributed by atoms with E-state index < -0.39 is 0 Å². The normalized spacial score (nSPS) is 12.5. The van der Waals surface area contributed by atoms with Gasteiger partial charge < -0.3 is 5.32 Å². The lowest BCUT2D eigenvalue weighted by Crippen LogP contribution is -2.34. The van der Waals surface area contributed by atoms with Crippen LogP contribution in [0.4, 0.5) is 0 Å². The summed E-state index contributed by atoms with van der Waals surface area (Å²) in [6.07, 6.45) is 4.63. The largest absolute Gasteiger partial charge is 0.345 e. The van der Waals surface area contributed by atoms with Crippen LogP contribution in [0.3, 0.4) is 0 Å². The lowest BCUT2D eigenvalue weighted by atomic mass is 10.3. The molecule has 0 aromatic carbocycles. The maximum atomic E-state index is 12.4. The predicted molar refractivity (Wildman–Crippen MR) is 92.3 cm³/mol. The first kappa shape index (κ1) is 15.9. The SMILES string of the molecule is C[C@@H](NC(=O)Cn1cnc2c(cnn2C)c1=O)c1nnc2ccccn12. The quantitative estimate of drug-likeness (QED) is 0.555. The molecule has 10 heteroatoms. The van der Waals surface area contributed by atoms with Crippen LogP contribution in [0.1, 0.15) is 18.8 Å². The number of hydrogen-bond donors (Lipinski definition) is 1. The maximum Gasteiger partial charge on any atom is 0.264 e. The van der Waals surface area contributed by atoms with E-state index in [1.807, 2.05) is 31.3 Å². The molecule has 0 saturated carbocycles. The summed E-state index contributed by atoms with van der Waals surface area (Å²) in [4.78, 5) is 29.0. The van der Waals surface area contributed by atoms with Crippen molar-refractivity contribution in [1.82, 2.24) is 39.2 Å². The van der Waals surface area contributed by atoms with Crippen LogP contribution in [0.25, 0.3) is 16.7 Å². The first-order valence-corrected chi connectivity index (χ1v) is 8.01. The first-order chi connectivity index (χ1) is 12.5. The lowest BCUT2D eigenvalue weighted by molar-refractivity contribution is -0.122. The van der Waals surface area contributed by atoms with Crippen LogP contribution in [-0.4, -0.2) is 39.8 Å². The van der Waals surface area contributed by atoms with Crippen molar-refractivity contribution in [2.75, 3.05) is 0 Å². The van der Waals surface area contributed by atoms with Gasteiger partial charge in [0.1, 0.15) is 18.3 Å². The number of nitrogens with zero attached hydrogens (tertiary/aromatic N) is 7. The van der Waals surface area contributed by atoms with Gasteiger partial charge in [0.15, 0.2) is 17.1 Å². The Morgan fingerprint density at radius 1 is 1.31 bits per heavy atom. The van der Waals surface area contributed by atoms with Crippen molar-refractivity contribution < 1.29 is 4.79 Å². The number of aromatic nitrogens is 7. The van der Waals surface area contributed by atoms with Gasteiger partial charge in [-0.05, 0) is 19.1 Å². The summed E-state index contributed by atoms with van der Waals surface area (Å²) in [6.45, 7) is 1.67. The molecule has 1 amide bonds. The molecule has 132 valence electrons. The molecule has 4 aromatic heterocycles. The second-order valence-electron chi connectivity index (χ2n) is 5.96. The Bertz CT molecular complexity index is 1170.